The van der Waals surface area contributed by atoms with Crippen molar-refractivity contribution in [1.82, 2.24) is 0 Å². The lowest BCUT2D eigenvalue weighted by Crippen LogP contribution is -2.04. The van der Waals surface area contributed by atoms with Gasteiger partial charge in [-0.3, -0.25) is 5.43 Å². The first-order valence-corrected chi connectivity index (χ1v) is 6.05. The molecule has 0 amide bonds. The second kappa shape index (κ2) is 5.96. The summed E-state index contributed by atoms with van der Waals surface area (Å²) < 4.78 is 37.1. The molecule has 20 heavy (non-hydrogen) atoms. The van der Waals surface area contributed by atoms with Gasteiger partial charge in [0.25, 0.3) is 0 Å². The zero-order chi connectivity index (χ0) is 14.6. The fourth-order valence-electron chi connectivity index (χ4n) is 1.46. The summed E-state index contributed by atoms with van der Waals surface area (Å²) in [6, 6.07) is 11.6. The normalized spacial score (nSPS) is 11.8. The quantitative estimate of drug-likeness (QED) is 0.638. The number of hydrogen-bond donors (Lipinski definition) is 1. The van der Waals surface area contributed by atoms with Gasteiger partial charge in [-0.25, -0.2) is 0 Å². The van der Waals surface area contributed by atoms with E-state index in [9.17, 15) is 13.2 Å². The maximum atomic E-state index is 12.4. The maximum absolute atomic E-state index is 12.4. The van der Waals surface area contributed by atoms with Gasteiger partial charge in [-0.1, -0.05) is 23.7 Å². The number of nitrogens with one attached hydrogen (secondary N) is 1. The van der Waals surface area contributed by atoms with E-state index in [0.29, 0.717) is 10.7 Å². The molecule has 0 aliphatic heterocycles. The van der Waals surface area contributed by atoms with Crippen molar-refractivity contribution in [1.29, 1.82) is 0 Å². The Hall–Kier alpha value is -2.01. The Morgan fingerprint density at radius 1 is 0.950 bits per heavy atom. The molecule has 2 nitrogen and oxygen atoms in total. The molecule has 1 N–H and O–H groups in total. The summed E-state index contributed by atoms with van der Waals surface area (Å²) in [7, 11) is 0. The molecular formula is C14H10ClF3N2. The highest BCUT2D eigenvalue weighted by Crippen LogP contribution is 2.29. The van der Waals surface area contributed by atoms with Gasteiger partial charge in [0.15, 0.2) is 0 Å². The molecule has 6 heteroatoms. The van der Waals surface area contributed by atoms with Gasteiger partial charge in [-0.15, -0.1) is 0 Å². The summed E-state index contributed by atoms with van der Waals surface area (Å²) in [5.74, 6) is 0. The van der Waals surface area contributed by atoms with Crippen LogP contribution in [-0.4, -0.2) is 6.21 Å². The minimum Gasteiger partial charge on any atom is -0.279 e. The van der Waals surface area contributed by atoms with Crippen LogP contribution >= 0.6 is 11.6 Å². The third-order valence-electron chi connectivity index (χ3n) is 2.49. The second-order valence-corrected chi connectivity index (χ2v) is 4.43. The van der Waals surface area contributed by atoms with E-state index < -0.39 is 11.7 Å². The van der Waals surface area contributed by atoms with Crippen LogP contribution < -0.4 is 5.43 Å². The SMILES string of the molecule is FC(F)(F)c1ccc(N/N=C/c2ccc(Cl)cc2)cc1. The average Bonchev–Trinajstić information content (AvgIpc) is 2.41. The molecule has 0 aromatic heterocycles. The van der Waals surface area contributed by atoms with Gasteiger partial charge in [-0.05, 0) is 42.0 Å². The van der Waals surface area contributed by atoms with Gasteiger partial charge in [-0.2, -0.15) is 18.3 Å². The third kappa shape index (κ3) is 3.99. The fourth-order valence-corrected chi connectivity index (χ4v) is 1.59. The number of nitrogens with zero attached hydrogens (tertiary/aromatic N) is 1. The highest BCUT2D eigenvalue weighted by Gasteiger charge is 2.29. The number of halogens is 4. The number of anilines is 1. The summed E-state index contributed by atoms with van der Waals surface area (Å²) in [5, 5.41) is 4.56. The van der Waals surface area contributed by atoms with E-state index >= 15 is 0 Å². The summed E-state index contributed by atoms with van der Waals surface area (Å²) in [6.45, 7) is 0. The van der Waals surface area contributed by atoms with E-state index in [1.807, 2.05) is 0 Å². The molecule has 0 saturated carbocycles. The molecule has 0 saturated heterocycles. The Labute approximate surface area is 118 Å². The molecule has 0 bridgehead atoms. The zero-order valence-electron chi connectivity index (χ0n) is 10.2. The van der Waals surface area contributed by atoms with E-state index in [1.165, 1.54) is 12.1 Å². The van der Waals surface area contributed by atoms with Gasteiger partial charge in [0.1, 0.15) is 0 Å². The Morgan fingerprint density at radius 2 is 1.55 bits per heavy atom. The highest BCUT2D eigenvalue weighted by molar-refractivity contribution is 6.30. The molecular weight excluding hydrogens is 289 g/mol. The molecule has 0 spiro atoms. The topological polar surface area (TPSA) is 24.4 Å². The van der Waals surface area contributed by atoms with Crippen LogP contribution in [0.2, 0.25) is 5.02 Å². The smallest absolute Gasteiger partial charge is 0.279 e. The summed E-state index contributed by atoms with van der Waals surface area (Å²) in [6.07, 6.45) is -2.78. The molecule has 0 radical (unpaired) electrons. The van der Waals surface area contributed by atoms with Crippen molar-refractivity contribution in [2.45, 2.75) is 6.18 Å². The van der Waals surface area contributed by atoms with E-state index in [1.54, 1.807) is 30.5 Å². The van der Waals surface area contributed by atoms with Crippen LogP contribution in [0.15, 0.2) is 53.6 Å². The van der Waals surface area contributed by atoms with Gasteiger partial charge in [0, 0.05) is 5.02 Å². The van der Waals surface area contributed by atoms with Crippen LogP contribution in [0.5, 0.6) is 0 Å². The van der Waals surface area contributed by atoms with Crippen LogP contribution in [0.25, 0.3) is 0 Å². The van der Waals surface area contributed by atoms with E-state index in [0.717, 1.165) is 17.7 Å². The minimum atomic E-state index is -4.33. The molecule has 0 fully saturated rings. The van der Waals surface area contributed by atoms with Gasteiger partial charge < -0.3 is 0 Å². The summed E-state index contributed by atoms with van der Waals surface area (Å²) in [4.78, 5) is 0. The largest absolute Gasteiger partial charge is 0.416 e. The van der Waals surface area contributed by atoms with Gasteiger partial charge >= 0.3 is 6.18 Å². The lowest BCUT2D eigenvalue weighted by molar-refractivity contribution is -0.137. The number of rotatable bonds is 3. The average molecular weight is 299 g/mol. The number of hydrogen-bond acceptors (Lipinski definition) is 2. The van der Waals surface area contributed by atoms with E-state index in [2.05, 4.69) is 10.5 Å². The van der Waals surface area contributed by atoms with Gasteiger partial charge in [0.2, 0.25) is 0 Å². The number of hydrazone groups is 1. The van der Waals surface area contributed by atoms with Crippen LogP contribution in [0.4, 0.5) is 18.9 Å². The Balaban J connectivity index is 1.99. The van der Waals surface area contributed by atoms with Crippen molar-refractivity contribution < 1.29 is 13.2 Å². The standard InChI is InChI=1S/C14H10ClF3N2/c15-12-5-1-10(2-6-12)9-19-20-13-7-3-11(4-8-13)14(16,17)18/h1-9,20H/b19-9+. The first kappa shape index (κ1) is 14.4. The molecule has 0 aliphatic rings. The lowest BCUT2D eigenvalue weighted by Gasteiger charge is -2.07. The first-order chi connectivity index (χ1) is 9.45. The van der Waals surface area contributed by atoms with E-state index in [-0.39, 0.29) is 0 Å². The second-order valence-electron chi connectivity index (χ2n) is 4.00. The summed E-state index contributed by atoms with van der Waals surface area (Å²) >= 11 is 5.74. The van der Waals surface area contributed by atoms with E-state index in [4.69, 9.17) is 11.6 Å². The molecule has 0 atom stereocenters. The molecule has 0 unspecified atom stereocenters. The molecule has 2 aromatic rings. The monoisotopic (exact) mass is 298 g/mol. The van der Waals surface area contributed by atoms with Crippen molar-refractivity contribution in [2.75, 3.05) is 5.43 Å². The van der Waals surface area contributed by atoms with Crippen LogP contribution in [0.1, 0.15) is 11.1 Å². The highest BCUT2D eigenvalue weighted by atomic mass is 35.5. The third-order valence-corrected chi connectivity index (χ3v) is 2.74. The van der Waals surface area contributed by atoms with Crippen molar-refractivity contribution in [3.05, 3.63) is 64.7 Å². The number of benzene rings is 2. The van der Waals surface area contributed by atoms with Crippen molar-refractivity contribution in [3.8, 4) is 0 Å². The van der Waals surface area contributed by atoms with Crippen molar-refractivity contribution in [2.24, 2.45) is 5.10 Å². The predicted octanol–water partition coefficient (Wildman–Crippen LogP) is 4.80. The van der Waals surface area contributed by atoms with Crippen LogP contribution in [-0.2, 0) is 6.18 Å². The van der Waals surface area contributed by atoms with Crippen LogP contribution in [0, 0.1) is 0 Å². The predicted molar refractivity (Wildman–Crippen MR) is 74.1 cm³/mol. The number of alkyl halides is 3. The molecule has 0 heterocycles. The maximum Gasteiger partial charge on any atom is 0.416 e. The fraction of sp³-hybridized carbons (Fsp3) is 0.0714. The molecule has 0 aliphatic carbocycles. The Kier molecular flexibility index (Phi) is 4.29. The minimum absolute atomic E-state index is 0.475. The first-order valence-electron chi connectivity index (χ1n) is 5.67. The summed E-state index contributed by atoms with van der Waals surface area (Å²) in [5.41, 5.74) is 3.27. The van der Waals surface area contributed by atoms with Crippen LogP contribution in [0.3, 0.4) is 0 Å². The van der Waals surface area contributed by atoms with Crippen molar-refractivity contribution in [3.63, 3.8) is 0 Å². The Morgan fingerprint density at radius 3 is 2.10 bits per heavy atom. The molecule has 2 aromatic carbocycles. The van der Waals surface area contributed by atoms with Crippen molar-refractivity contribution >= 4 is 23.5 Å². The van der Waals surface area contributed by atoms with Gasteiger partial charge in [0.05, 0.1) is 17.5 Å². The molecule has 2 rings (SSSR count). The lowest BCUT2D eigenvalue weighted by atomic mass is 10.2. The Bertz CT molecular complexity index is 589. The zero-order valence-corrected chi connectivity index (χ0v) is 10.9. The molecule has 104 valence electrons.